The van der Waals surface area contributed by atoms with Gasteiger partial charge in [0.1, 0.15) is 5.75 Å². The van der Waals surface area contributed by atoms with Crippen LogP contribution in [0, 0.1) is 0 Å². The summed E-state index contributed by atoms with van der Waals surface area (Å²) in [6.45, 7) is 6.15. The van der Waals surface area contributed by atoms with Crippen LogP contribution in [0.15, 0.2) is 42.5 Å². The number of hydrogen-bond donors (Lipinski definition) is 0. The number of anilines is 1. The number of esters is 1. The standard InChI is InChI=1S/C32H37NO9/c1-18-17-32(2,3)33(30(34)19-12-24(36-4)28(40-8)25(13-19)37-5)23-11-10-21(16-22(18)23)42-31(35)20-14-26(38-6)29(41-9)27(15-20)39-7/h10-16,18H,17H2,1-9H3/t18-/m1/s1. The van der Waals surface area contributed by atoms with Crippen molar-refractivity contribution >= 4 is 17.6 Å². The van der Waals surface area contributed by atoms with E-state index < -0.39 is 11.5 Å². The highest BCUT2D eigenvalue weighted by atomic mass is 16.5. The Morgan fingerprint density at radius 1 is 0.714 bits per heavy atom. The molecule has 1 aliphatic rings. The molecule has 0 radical (unpaired) electrons. The summed E-state index contributed by atoms with van der Waals surface area (Å²) >= 11 is 0. The first kappa shape index (κ1) is 30.4. The minimum atomic E-state index is -0.594. The summed E-state index contributed by atoms with van der Waals surface area (Å²) in [7, 11) is 8.97. The van der Waals surface area contributed by atoms with Gasteiger partial charge in [0, 0.05) is 16.8 Å². The third-order valence-electron chi connectivity index (χ3n) is 7.41. The van der Waals surface area contributed by atoms with E-state index in [0.717, 1.165) is 11.3 Å². The normalized spacial score (nSPS) is 15.3. The van der Waals surface area contributed by atoms with E-state index in [1.807, 2.05) is 13.8 Å². The number of benzene rings is 3. The predicted octanol–water partition coefficient (Wildman–Crippen LogP) is 5.89. The fourth-order valence-corrected chi connectivity index (χ4v) is 5.55. The number of carbonyl (C=O) groups is 2. The summed E-state index contributed by atoms with van der Waals surface area (Å²) in [4.78, 5) is 29.0. The summed E-state index contributed by atoms with van der Waals surface area (Å²) in [6, 6.07) is 11.6. The lowest BCUT2D eigenvalue weighted by atomic mass is 9.79. The Balaban J connectivity index is 1.71. The van der Waals surface area contributed by atoms with Crippen LogP contribution < -0.4 is 38.1 Å². The second-order valence-corrected chi connectivity index (χ2v) is 10.5. The Morgan fingerprint density at radius 2 is 1.19 bits per heavy atom. The van der Waals surface area contributed by atoms with Gasteiger partial charge in [0.25, 0.3) is 5.91 Å². The number of ether oxygens (including phenoxy) is 7. The Hall–Kier alpha value is -4.60. The molecular formula is C32H37NO9. The minimum absolute atomic E-state index is 0.0822. The second kappa shape index (κ2) is 12.1. The van der Waals surface area contributed by atoms with Crippen LogP contribution in [0.5, 0.6) is 40.2 Å². The van der Waals surface area contributed by atoms with Gasteiger partial charge in [0.2, 0.25) is 11.5 Å². The molecule has 0 saturated carbocycles. The molecular weight excluding hydrogens is 542 g/mol. The van der Waals surface area contributed by atoms with Crippen molar-refractivity contribution < 1.29 is 42.7 Å². The highest BCUT2D eigenvalue weighted by Gasteiger charge is 2.41. The van der Waals surface area contributed by atoms with Gasteiger partial charge < -0.3 is 38.1 Å². The SMILES string of the molecule is COc1cc(C(=O)Oc2ccc3c(c2)[C@H](C)CC(C)(C)N3C(=O)c2cc(OC)c(OC)c(OC)c2)cc(OC)c1OC. The number of nitrogens with zero attached hydrogens (tertiary/aromatic N) is 1. The molecule has 0 unspecified atom stereocenters. The van der Waals surface area contributed by atoms with Gasteiger partial charge in [0.05, 0.1) is 48.2 Å². The molecule has 3 aromatic carbocycles. The zero-order valence-corrected chi connectivity index (χ0v) is 25.4. The van der Waals surface area contributed by atoms with Crippen LogP contribution >= 0.6 is 0 Å². The van der Waals surface area contributed by atoms with Gasteiger partial charge >= 0.3 is 5.97 Å². The molecule has 0 bridgehead atoms. The van der Waals surface area contributed by atoms with E-state index in [1.54, 1.807) is 35.2 Å². The van der Waals surface area contributed by atoms with Crippen LogP contribution in [0.4, 0.5) is 5.69 Å². The molecule has 1 heterocycles. The Labute approximate surface area is 246 Å². The van der Waals surface area contributed by atoms with E-state index in [1.165, 1.54) is 54.8 Å². The molecule has 0 spiro atoms. The van der Waals surface area contributed by atoms with Crippen LogP contribution in [0.1, 0.15) is 59.4 Å². The molecule has 0 saturated heterocycles. The van der Waals surface area contributed by atoms with E-state index in [2.05, 4.69) is 6.92 Å². The van der Waals surface area contributed by atoms with Crippen LogP contribution in [0.25, 0.3) is 0 Å². The average molecular weight is 580 g/mol. The van der Waals surface area contributed by atoms with Crippen molar-refractivity contribution in [3.8, 4) is 40.2 Å². The van der Waals surface area contributed by atoms with Gasteiger partial charge in [-0.05, 0) is 74.2 Å². The van der Waals surface area contributed by atoms with Gasteiger partial charge in [-0.2, -0.15) is 0 Å². The van der Waals surface area contributed by atoms with Gasteiger partial charge in [-0.25, -0.2) is 4.79 Å². The fourth-order valence-electron chi connectivity index (χ4n) is 5.55. The zero-order chi connectivity index (χ0) is 30.8. The van der Waals surface area contributed by atoms with E-state index in [-0.39, 0.29) is 17.4 Å². The van der Waals surface area contributed by atoms with E-state index in [9.17, 15) is 9.59 Å². The molecule has 1 atom stereocenters. The van der Waals surface area contributed by atoms with Gasteiger partial charge in [-0.15, -0.1) is 0 Å². The lowest BCUT2D eigenvalue weighted by molar-refractivity contribution is 0.0733. The first-order valence-electron chi connectivity index (χ1n) is 13.3. The van der Waals surface area contributed by atoms with E-state index >= 15 is 0 Å². The third-order valence-corrected chi connectivity index (χ3v) is 7.41. The monoisotopic (exact) mass is 579 g/mol. The van der Waals surface area contributed by atoms with Crippen molar-refractivity contribution in [1.82, 2.24) is 0 Å². The number of methoxy groups -OCH3 is 6. The van der Waals surface area contributed by atoms with Crippen LogP contribution in [0.3, 0.4) is 0 Å². The topological polar surface area (TPSA) is 102 Å². The Bertz CT molecular complexity index is 1450. The quantitative estimate of drug-likeness (QED) is 0.227. The molecule has 10 nitrogen and oxygen atoms in total. The fraction of sp³-hybridized carbons (Fsp3) is 0.375. The smallest absolute Gasteiger partial charge is 0.343 e. The Kier molecular flexibility index (Phi) is 8.75. The third kappa shape index (κ3) is 5.48. The predicted molar refractivity (Wildman–Crippen MR) is 158 cm³/mol. The number of rotatable bonds is 9. The molecule has 10 heteroatoms. The zero-order valence-electron chi connectivity index (χ0n) is 25.4. The molecule has 0 fully saturated rings. The van der Waals surface area contributed by atoms with E-state index in [0.29, 0.717) is 52.2 Å². The molecule has 42 heavy (non-hydrogen) atoms. The first-order valence-corrected chi connectivity index (χ1v) is 13.3. The maximum Gasteiger partial charge on any atom is 0.343 e. The van der Waals surface area contributed by atoms with Crippen LogP contribution in [-0.4, -0.2) is 60.1 Å². The average Bonchev–Trinajstić information content (AvgIpc) is 2.98. The van der Waals surface area contributed by atoms with Crippen molar-refractivity contribution in [2.24, 2.45) is 0 Å². The highest BCUT2D eigenvalue weighted by Crippen LogP contribution is 2.47. The molecule has 0 aromatic heterocycles. The number of hydrogen-bond acceptors (Lipinski definition) is 9. The number of carbonyl (C=O) groups excluding carboxylic acids is 2. The molecule has 0 aliphatic carbocycles. The summed E-state index contributed by atoms with van der Waals surface area (Å²) in [5, 5.41) is 0. The maximum absolute atomic E-state index is 14.1. The summed E-state index contributed by atoms with van der Waals surface area (Å²) < 4.78 is 38.2. The van der Waals surface area contributed by atoms with Gasteiger partial charge in [0.15, 0.2) is 23.0 Å². The van der Waals surface area contributed by atoms with Crippen molar-refractivity contribution in [2.75, 3.05) is 47.6 Å². The molecule has 4 rings (SSSR count). The van der Waals surface area contributed by atoms with Crippen molar-refractivity contribution in [2.45, 2.75) is 38.6 Å². The van der Waals surface area contributed by atoms with Gasteiger partial charge in [-0.1, -0.05) is 6.92 Å². The van der Waals surface area contributed by atoms with Crippen molar-refractivity contribution in [3.63, 3.8) is 0 Å². The molecule has 0 N–H and O–H groups in total. The van der Waals surface area contributed by atoms with Crippen molar-refractivity contribution in [3.05, 3.63) is 59.2 Å². The summed E-state index contributed by atoms with van der Waals surface area (Å²) in [5.41, 5.74) is 1.71. The molecule has 3 aromatic rings. The van der Waals surface area contributed by atoms with Gasteiger partial charge in [-0.3, -0.25) is 4.79 Å². The minimum Gasteiger partial charge on any atom is -0.493 e. The highest BCUT2D eigenvalue weighted by molar-refractivity contribution is 6.08. The summed E-state index contributed by atoms with van der Waals surface area (Å²) in [6.07, 6.45) is 0.681. The van der Waals surface area contributed by atoms with E-state index in [4.69, 9.17) is 33.2 Å². The maximum atomic E-state index is 14.1. The first-order chi connectivity index (χ1) is 20.0. The molecule has 1 aliphatic heterocycles. The lowest BCUT2D eigenvalue weighted by Crippen LogP contribution is -2.51. The van der Waals surface area contributed by atoms with Crippen molar-refractivity contribution in [1.29, 1.82) is 0 Å². The molecule has 1 amide bonds. The number of fused-ring (bicyclic) bond motifs is 1. The second-order valence-electron chi connectivity index (χ2n) is 10.5. The van der Waals surface area contributed by atoms with Crippen LogP contribution in [-0.2, 0) is 0 Å². The van der Waals surface area contributed by atoms with Crippen LogP contribution in [0.2, 0.25) is 0 Å². The molecule has 224 valence electrons. The largest absolute Gasteiger partial charge is 0.493 e. The summed E-state index contributed by atoms with van der Waals surface area (Å²) in [5.74, 6) is 1.84. The number of amides is 1. The Morgan fingerprint density at radius 3 is 1.64 bits per heavy atom. The lowest BCUT2D eigenvalue weighted by Gasteiger charge is -2.46.